The molecule has 5 rings (SSSR count). The molecule has 4 aromatic rings. The summed E-state index contributed by atoms with van der Waals surface area (Å²) in [4.78, 5) is 18.6. The van der Waals surface area contributed by atoms with Crippen LogP contribution in [0.2, 0.25) is 0 Å². The molecule has 2 aromatic carbocycles. The molecule has 192 valence electrons. The molecule has 2 aromatic heterocycles. The number of anilines is 2. The van der Waals surface area contributed by atoms with Crippen molar-refractivity contribution in [3.05, 3.63) is 59.9 Å². The Bertz CT molecular complexity index is 1510. The van der Waals surface area contributed by atoms with Crippen LogP contribution in [0.15, 0.2) is 53.4 Å². The molecule has 1 aliphatic heterocycles. The fourth-order valence-electron chi connectivity index (χ4n) is 3.95. The molecule has 0 saturated carbocycles. The quantitative estimate of drug-likeness (QED) is 0.370. The molecule has 37 heavy (non-hydrogen) atoms. The third kappa shape index (κ3) is 5.48. The molecular weight excluding hydrogens is 497 g/mol. The summed E-state index contributed by atoms with van der Waals surface area (Å²) in [6, 6.07) is 12.5. The van der Waals surface area contributed by atoms with Gasteiger partial charge >= 0.3 is 0 Å². The lowest BCUT2D eigenvalue weighted by atomic mass is 10.2. The molecule has 13 heteroatoms. The molecule has 0 radical (unpaired) electrons. The minimum absolute atomic E-state index is 0.191. The number of benzene rings is 2. The van der Waals surface area contributed by atoms with Gasteiger partial charge in [-0.1, -0.05) is 12.1 Å². The predicted octanol–water partition coefficient (Wildman–Crippen LogP) is 1.89. The van der Waals surface area contributed by atoms with E-state index in [0.29, 0.717) is 40.9 Å². The maximum Gasteiger partial charge on any atom is 0.240 e. The fourth-order valence-corrected chi connectivity index (χ4v) is 4.68. The molecule has 0 atom stereocenters. The van der Waals surface area contributed by atoms with E-state index in [2.05, 4.69) is 42.1 Å². The van der Waals surface area contributed by atoms with E-state index in [0.717, 1.165) is 31.7 Å². The molecule has 0 bridgehead atoms. The first kappa shape index (κ1) is 24.9. The second-order valence-electron chi connectivity index (χ2n) is 8.68. The molecule has 3 heterocycles. The number of likely N-dealkylation sites (N-methyl/N-ethyl adjacent to an activating group) is 1. The Kier molecular flexibility index (Phi) is 6.91. The fraction of sp³-hybridized carbons (Fsp3) is 0.292. The van der Waals surface area contributed by atoms with Crippen LogP contribution in [0.4, 0.5) is 16.2 Å². The van der Waals surface area contributed by atoms with Crippen molar-refractivity contribution in [3.8, 4) is 11.4 Å². The van der Waals surface area contributed by atoms with Gasteiger partial charge in [-0.15, -0.1) is 10.2 Å². The van der Waals surface area contributed by atoms with Gasteiger partial charge in [-0.05, 0) is 56.1 Å². The first-order chi connectivity index (χ1) is 17.8. The van der Waals surface area contributed by atoms with Crippen LogP contribution in [0.25, 0.3) is 22.6 Å². The molecule has 0 aliphatic carbocycles. The lowest BCUT2D eigenvalue weighted by Gasteiger charge is -2.33. The summed E-state index contributed by atoms with van der Waals surface area (Å²) in [7, 11) is -0.0486. The van der Waals surface area contributed by atoms with Crippen molar-refractivity contribution in [1.29, 1.82) is 0 Å². The highest BCUT2D eigenvalue weighted by Gasteiger charge is 2.22. The Morgan fingerprint density at radius 1 is 0.919 bits per heavy atom. The number of hydrogen-bond acceptors (Lipinski definition) is 10. The summed E-state index contributed by atoms with van der Waals surface area (Å²) in [6.07, 6.45) is 0. The van der Waals surface area contributed by atoms with Crippen molar-refractivity contribution in [2.24, 2.45) is 0 Å². The van der Waals surface area contributed by atoms with E-state index in [1.54, 1.807) is 36.4 Å². The zero-order valence-corrected chi connectivity index (χ0v) is 21.2. The molecular formula is C24H26FN9O2S. The number of aromatic nitrogens is 5. The molecule has 0 amide bonds. The van der Waals surface area contributed by atoms with Crippen LogP contribution in [0.1, 0.15) is 5.56 Å². The number of rotatable bonds is 7. The zero-order chi connectivity index (χ0) is 26.0. The smallest absolute Gasteiger partial charge is 0.240 e. The lowest BCUT2D eigenvalue weighted by Crippen LogP contribution is -2.45. The number of piperazine rings is 1. The highest BCUT2D eigenvalue weighted by Crippen LogP contribution is 2.26. The SMILES string of the molecule is CNS(=O)(=O)c1ccc(CNc2nc(N3CCN(C)CC3)c3nc(-c4ccc(F)cc4)nnc3n2)cc1. The average Bonchev–Trinajstić information content (AvgIpc) is 2.92. The van der Waals surface area contributed by atoms with Gasteiger partial charge < -0.3 is 15.1 Å². The van der Waals surface area contributed by atoms with Crippen molar-refractivity contribution in [2.45, 2.75) is 11.4 Å². The van der Waals surface area contributed by atoms with Crippen LogP contribution in [0.5, 0.6) is 0 Å². The average molecular weight is 524 g/mol. The second-order valence-corrected chi connectivity index (χ2v) is 10.6. The number of hydrogen-bond donors (Lipinski definition) is 2. The first-order valence-electron chi connectivity index (χ1n) is 11.7. The van der Waals surface area contributed by atoms with Gasteiger partial charge in [0.05, 0.1) is 4.90 Å². The van der Waals surface area contributed by atoms with E-state index in [1.807, 2.05) is 0 Å². The molecule has 11 nitrogen and oxygen atoms in total. The topological polar surface area (TPSA) is 129 Å². The Morgan fingerprint density at radius 2 is 1.62 bits per heavy atom. The summed E-state index contributed by atoms with van der Waals surface area (Å²) in [5.41, 5.74) is 2.36. The van der Waals surface area contributed by atoms with Gasteiger partial charge in [0, 0.05) is 38.3 Å². The van der Waals surface area contributed by atoms with E-state index in [1.165, 1.54) is 19.2 Å². The summed E-state index contributed by atoms with van der Waals surface area (Å²) in [5.74, 6) is 1.03. The number of halogens is 1. The summed E-state index contributed by atoms with van der Waals surface area (Å²) >= 11 is 0. The first-order valence-corrected chi connectivity index (χ1v) is 13.2. The van der Waals surface area contributed by atoms with Crippen LogP contribution < -0.4 is 14.9 Å². The number of nitrogens with zero attached hydrogens (tertiary/aromatic N) is 7. The molecule has 0 unspecified atom stereocenters. The van der Waals surface area contributed by atoms with Crippen molar-refractivity contribution < 1.29 is 12.8 Å². The van der Waals surface area contributed by atoms with E-state index in [4.69, 9.17) is 9.97 Å². The van der Waals surface area contributed by atoms with Crippen LogP contribution in [0, 0.1) is 5.82 Å². The van der Waals surface area contributed by atoms with Crippen LogP contribution in [-0.2, 0) is 16.6 Å². The van der Waals surface area contributed by atoms with E-state index in [9.17, 15) is 12.8 Å². The summed E-state index contributed by atoms with van der Waals surface area (Å²) in [5, 5.41) is 11.7. The largest absolute Gasteiger partial charge is 0.352 e. The molecule has 1 aliphatic rings. The predicted molar refractivity (Wildman–Crippen MR) is 138 cm³/mol. The van der Waals surface area contributed by atoms with Gasteiger partial charge in [0.2, 0.25) is 21.6 Å². The number of nitrogens with one attached hydrogen (secondary N) is 2. The Hall–Kier alpha value is -3.81. The van der Waals surface area contributed by atoms with Gasteiger partial charge in [0.1, 0.15) is 5.82 Å². The van der Waals surface area contributed by atoms with Crippen molar-refractivity contribution in [2.75, 3.05) is 50.5 Å². The molecule has 1 fully saturated rings. The normalized spacial score (nSPS) is 14.7. The van der Waals surface area contributed by atoms with E-state index in [-0.39, 0.29) is 10.7 Å². The maximum absolute atomic E-state index is 13.4. The molecule has 1 saturated heterocycles. The van der Waals surface area contributed by atoms with Gasteiger partial charge in [0.25, 0.3) is 0 Å². The van der Waals surface area contributed by atoms with Gasteiger partial charge in [-0.25, -0.2) is 22.5 Å². The van der Waals surface area contributed by atoms with Crippen LogP contribution in [-0.4, -0.2) is 78.7 Å². The van der Waals surface area contributed by atoms with Gasteiger partial charge in [-0.3, -0.25) is 0 Å². The number of sulfonamides is 1. The highest BCUT2D eigenvalue weighted by atomic mass is 32.2. The van der Waals surface area contributed by atoms with Crippen LogP contribution >= 0.6 is 0 Å². The standard InChI is InChI=1S/C24H26FN9O2S/c1-26-37(35,36)19-9-3-16(4-10-19)15-27-24-29-22-20(23(30-24)34-13-11-33(2)12-14-34)28-21(31-32-22)17-5-7-18(25)8-6-17/h3-10,26H,11-15H2,1-2H3,(H,27,29,30,32). The second kappa shape index (κ2) is 10.3. The number of fused-ring (bicyclic) bond motifs is 1. The molecule has 2 N–H and O–H groups in total. The van der Waals surface area contributed by atoms with E-state index >= 15 is 0 Å². The molecule has 0 spiro atoms. The minimum atomic E-state index is -3.50. The van der Waals surface area contributed by atoms with Crippen molar-refractivity contribution in [1.82, 2.24) is 34.8 Å². The minimum Gasteiger partial charge on any atom is -0.352 e. The van der Waals surface area contributed by atoms with Crippen LogP contribution in [0.3, 0.4) is 0 Å². The third-order valence-electron chi connectivity index (χ3n) is 6.16. The van der Waals surface area contributed by atoms with Gasteiger partial charge in [-0.2, -0.15) is 9.97 Å². The zero-order valence-electron chi connectivity index (χ0n) is 20.4. The summed E-state index contributed by atoms with van der Waals surface area (Å²) in [6.45, 7) is 3.65. The Morgan fingerprint density at radius 3 is 2.30 bits per heavy atom. The van der Waals surface area contributed by atoms with Crippen molar-refractivity contribution in [3.63, 3.8) is 0 Å². The third-order valence-corrected chi connectivity index (χ3v) is 7.59. The van der Waals surface area contributed by atoms with Crippen molar-refractivity contribution >= 4 is 33.0 Å². The van der Waals surface area contributed by atoms with Gasteiger partial charge in [0.15, 0.2) is 17.2 Å². The Balaban J connectivity index is 1.46. The maximum atomic E-state index is 13.4. The Labute approximate surface area is 213 Å². The summed E-state index contributed by atoms with van der Waals surface area (Å²) < 4.78 is 39.6. The monoisotopic (exact) mass is 523 g/mol. The highest BCUT2D eigenvalue weighted by molar-refractivity contribution is 7.89. The van der Waals surface area contributed by atoms with E-state index < -0.39 is 10.0 Å². The lowest BCUT2D eigenvalue weighted by molar-refractivity contribution is 0.312.